The van der Waals surface area contributed by atoms with Crippen molar-refractivity contribution >= 4 is 0 Å². The standard InChI is InChI=1S/C16H21FN2O/c17-16-6-5-13(9-19)15(7-16)11-20-10-14-4-2-1-3-12(14)8-18/h5-7,12,14H,1-4,8,10-11,18H2. The summed E-state index contributed by atoms with van der Waals surface area (Å²) in [4.78, 5) is 0. The summed E-state index contributed by atoms with van der Waals surface area (Å²) in [7, 11) is 0. The van der Waals surface area contributed by atoms with E-state index in [0.717, 1.165) is 6.42 Å². The first-order valence-electron chi connectivity index (χ1n) is 7.21. The van der Waals surface area contributed by atoms with Crippen molar-refractivity contribution in [2.45, 2.75) is 32.3 Å². The zero-order valence-electron chi connectivity index (χ0n) is 11.6. The quantitative estimate of drug-likeness (QED) is 0.899. The van der Waals surface area contributed by atoms with Crippen LogP contribution in [0.15, 0.2) is 18.2 Å². The molecule has 2 atom stereocenters. The lowest BCUT2D eigenvalue weighted by molar-refractivity contribution is 0.0510. The Morgan fingerprint density at radius 2 is 2.05 bits per heavy atom. The van der Waals surface area contributed by atoms with Crippen LogP contribution in [-0.2, 0) is 11.3 Å². The van der Waals surface area contributed by atoms with Gasteiger partial charge in [-0.05, 0) is 55.0 Å². The van der Waals surface area contributed by atoms with Gasteiger partial charge in [0, 0.05) is 0 Å². The van der Waals surface area contributed by atoms with E-state index in [9.17, 15) is 4.39 Å². The molecule has 0 radical (unpaired) electrons. The lowest BCUT2D eigenvalue weighted by Gasteiger charge is -2.30. The molecule has 1 aromatic carbocycles. The monoisotopic (exact) mass is 276 g/mol. The summed E-state index contributed by atoms with van der Waals surface area (Å²) in [6.07, 6.45) is 4.80. The molecule has 0 bridgehead atoms. The molecule has 0 aliphatic heterocycles. The van der Waals surface area contributed by atoms with Crippen molar-refractivity contribution in [3.8, 4) is 6.07 Å². The molecule has 1 aromatic rings. The number of benzene rings is 1. The van der Waals surface area contributed by atoms with E-state index in [-0.39, 0.29) is 12.4 Å². The maximum absolute atomic E-state index is 13.2. The van der Waals surface area contributed by atoms with Crippen molar-refractivity contribution in [1.29, 1.82) is 5.26 Å². The highest BCUT2D eigenvalue weighted by Crippen LogP contribution is 2.29. The molecule has 2 unspecified atom stereocenters. The SMILES string of the molecule is N#Cc1ccc(F)cc1COCC1CCCCC1CN. The summed E-state index contributed by atoms with van der Waals surface area (Å²) in [5.74, 6) is 0.694. The van der Waals surface area contributed by atoms with Gasteiger partial charge in [-0.25, -0.2) is 4.39 Å². The van der Waals surface area contributed by atoms with Gasteiger partial charge >= 0.3 is 0 Å². The van der Waals surface area contributed by atoms with E-state index >= 15 is 0 Å². The normalized spacial score (nSPS) is 22.4. The third-order valence-corrected chi connectivity index (χ3v) is 4.15. The van der Waals surface area contributed by atoms with Gasteiger partial charge in [-0.2, -0.15) is 5.26 Å². The lowest BCUT2D eigenvalue weighted by atomic mass is 9.80. The number of halogens is 1. The van der Waals surface area contributed by atoms with Gasteiger partial charge in [0.15, 0.2) is 0 Å². The van der Waals surface area contributed by atoms with Crippen LogP contribution in [0.1, 0.15) is 36.8 Å². The number of nitrogens with zero attached hydrogens (tertiary/aromatic N) is 1. The Morgan fingerprint density at radius 1 is 1.30 bits per heavy atom. The molecule has 0 amide bonds. The second-order valence-corrected chi connectivity index (χ2v) is 5.47. The predicted molar refractivity (Wildman–Crippen MR) is 75.3 cm³/mol. The van der Waals surface area contributed by atoms with E-state index in [1.165, 1.54) is 37.5 Å². The number of nitriles is 1. The van der Waals surface area contributed by atoms with Crippen molar-refractivity contribution in [2.75, 3.05) is 13.2 Å². The van der Waals surface area contributed by atoms with Crippen LogP contribution in [0.2, 0.25) is 0 Å². The number of nitrogens with two attached hydrogens (primary N) is 1. The minimum absolute atomic E-state index is 0.286. The first-order chi connectivity index (χ1) is 9.74. The Balaban J connectivity index is 1.89. The molecular formula is C16H21FN2O. The fourth-order valence-electron chi connectivity index (χ4n) is 2.93. The number of rotatable bonds is 5. The summed E-state index contributed by atoms with van der Waals surface area (Å²) in [6.45, 7) is 1.63. The van der Waals surface area contributed by atoms with Crippen LogP contribution in [0.5, 0.6) is 0 Å². The van der Waals surface area contributed by atoms with Crippen LogP contribution in [0, 0.1) is 29.0 Å². The fourth-order valence-corrected chi connectivity index (χ4v) is 2.93. The number of ether oxygens (including phenoxy) is 1. The first kappa shape index (κ1) is 15.0. The van der Waals surface area contributed by atoms with Crippen LogP contribution in [-0.4, -0.2) is 13.2 Å². The second kappa shape index (κ2) is 7.37. The molecule has 2 rings (SSSR count). The fraction of sp³-hybridized carbons (Fsp3) is 0.562. The van der Waals surface area contributed by atoms with Crippen LogP contribution >= 0.6 is 0 Å². The molecule has 2 N–H and O–H groups in total. The van der Waals surface area contributed by atoms with E-state index in [4.69, 9.17) is 15.7 Å². The average molecular weight is 276 g/mol. The molecule has 3 nitrogen and oxygen atoms in total. The molecular weight excluding hydrogens is 255 g/mol. The van der Waals surface area contributed by atoms with Crippen LogP contribution < -0.4 is 5.73 Å². The molecule has 0 saturated heterocycles. The molecule has 1 aliphatic rings. The highest BCUT2D eigenvalue weighted by Gasteiger charge is 2.23. The van der Waals surface area contributed by atoms with Gasteiger partial charge in [-0.1, -0.05) is 12.8 Å². The largest absolute Gasteiger partial charge is 0.376 e. The minimum atomic E-state index is -0.333. The maximum Gasteiger partial charge on any atom is 0.123 e. The second-order valence-electron chi connectivity index (χ2n) is 5.47. The van der Waals surface area contributed by atoms with Gasteiger partial charge in [-0.15, -0.1) is 0 Å². The van der Waals surface area contributed by atoms with Gasteiger partial charge in [-0.3, -0.25) is 0 Å². The predicted octanol–water partition coefficient (Wildman–Crippen LogP) is 2.98. The van der Waals surface area contributed by atoms with Crippen LogP contribution in [0.3, 0.4) is 0 Å². The molecule has 0 heterocycles. The summed E-state index contributed by atoms with van der Waals surface area (Å²) >= 11 is 0. The van der Waals surface area contributed by atoms with Gasteiger partial charge in [0.25, 0.3) is 0 Å². The van der Waals surface area contributed by atoms with E-state index in [0.29, 0.717) is 36.1 Å². The first-order valence-corrected chi connectivity index (χ1v) is 7.21. The van der Waals surface area contributed by atoms with E-state index in [1.807, 2.05) is 0 Å². The third-order valence-electron chi connectivity index (χ3n) is 4.15. The van der Waals surface area contributed by atoms with Gasteiger partial charge < -0.3 is 10.5 Å². The van der Waals surface area contributed by atoms with E-state index in [2.05, 4.69) is 6.07 Å². The molecule has 4 heteroatoms. The van der Waals surface area contributed by atoms with Crippen molar-refractivity contribution in [2.24, 2.45) is 17.6 Å². The molecule has 1 aliphatic carbocycles. The van der Waals surface area contributed by atoms with Crippen LogP contribution in [0.25, 0.3) is 0 Å². The zero-order valence-corrected chi connectivity index (χ0v) is 11.6. The van der Waals surface area contributed by atoms with Gasteiger partial charge in [0.05, 0.1) is 24.8 Å². The molecule has 1 saturated carbocycles. The Labute approximate surface area is 119 Å². The summed E-state index contributed by atoms with van der Waals surface area (Å²) in [5, 5.41) is 8.99. The Bertz CT molecular complexity index is 484. The lowest BCUT2D eigenvalue weighted by Crippen LogP contribution is -2.29. The summed E-state index contributed by atoms with van der Waals surface area (Å²) in [6, 6.07) is 6.24. The topological polar surface area (TPSA) is 59.0 Å². The summed E-state index contributed by atoms with van der Waals surface area (Å²) < 4.78 is 18.9. The Hall–Kier alpha value is -1.44. The smallest absolute Gasteiger partial charge is 0.123 e. The minimum Gasteiger partial charge on any atom is -0.376 e. The van der Waals surface area contributed by atoms with Crippen molar-refractivity contribution in [3.63, 3.8) is 0 Å². The van der Waals surface area contributed by atoms with Crippen LogP contribution in [0.4, 0.5) is 4.39 Å². The number of hydrogen-bond acceptors (Lipinski definition) is 3. The van der Waals surface area contributed by atoms with Crippen molar-refractivity contribution in [3.05, 3.63) is 35.1 Å². The molecule has 20 heavy (non-hydrogen) atoms. The zero-order chi connectivity index (χ0) is 14.4. The highest BCUT2D eigenvalue weighted by atomic mass is 19.1. The molecule has 0 spiro atoms. The van der Waals surface area contributed by atoms with E-state index in [1.54, 1.807) is 0 Å². The highest BCUT2D eigenvalue weighted by molar-refractivity contribution is 5.37. The van der Waals surface area contributed by atoms with Crippen molar-refractivity contribution in [1.82, 2.24) is 0 Å². The van der Waals surface area contributed by atoms with Gasteiger partial charge in [0.2, 0.25) is 0 Å². The third kappa shape index (κ3) is 3.78. The summed E-state index contributed by atoms with van der Waals surface area (Å²) in [5.41, 5.74) is 6.89. The molecule has 108 valence electrons. The number of hydrogen-bond donors (Lipinski definition) is 1. The average Bonchev–Trinajstić information content (AvgIpc) is 2.48. The molecule has 1 fully saturated rings. The van der Waals surface area contributed by atoms with Crippen molar-refractivity contribution < 1.29 is 9.13 Å². The maximum atomic E-state index is 13.2. The van der Waals surface area contributed by atoms with E-state index < -0.39 is 0 Å². The van der Waals surface area contributed by atoms with Gasteiger partial charge in [0.1, 0.15) is 5.82 Å². The Morgan fingerprint density at radius 3 is 2.75 bits per heavy atom. The Kier molecular flexibility index (Phi) is 5.51. The molecule has 0 aromatic heterocycles.